The van der Waals surface area contributed by atoms with Crippen LogP contribution in [0.4, 0.5) is 13.2 Å². The Kier molecular flexibility index (Phi) is 5.64. The van der Waals surface area contributed by atoms with Crippen LogP contribution in [-0.4, -0.2) is 42.7 Å². The summed E-state index contributed by atoms with van der Waals surface area (Å²) in [4.78, 5) is 14.4. The second-order valence-electron chi connectivity index (χ2n) is 6.78. The van der Waals surface area contributed by atoms with Crippen LogP contribution in [0.3, 0.4) is 0 Å². The number of nitrogens with one attached hydrogen (secondary N) is 1. The van der Waals surface area contributed by atoms with E-state index < -0.39 is 18.0 Å². The first kappa shape index (κ1) is 17.9. The predicted molar refractivity (Wildman–Crippen MR) is 79.8 cm³/mol. The van der Waals surface area contributed by atoms with Crippen molar-refractivity contribution in [1.82, 2.24) is 10.2 Å². The lowest BCUT2D eigenvalue weighted by atomic mass is 9.80. The third-order valence-electron chi connectivity index (χ3n) is 5.45. The van der Waals surface area contributed by atoms with Gasteiger partial charge < -0.3 is 10.2 Å². The molecule has 3 nitrogen and oxygen atoms in total. The fourth-order valence-electron chi connectivity index (χ4n) is 4.22. The average molecular weight is 341 g/mol. The zero-order chi connectivity index (χ0) is 15.0. The maximum absolute atomic E-state index is 12.9. The van der Waals surface area contributed by atoms with Crippen LogP contribution in [0, 0.1) is 17.8 Å². The minimum absolute atomic E-state index is 0. The topological polar surface area (TPSA) is 32.3 Å². The molecule has 22 heavy (non-hydrogen) atoms. The normalized spacial score (nSPS) is 35.7. The van der Waals surface area contributed by atoms with Crippen LogP contribution < -0.4 is 5.32 Å². The van der Waals surface area contributed by atoms with Gasteiger partial charge in [0.1, 0.15) is 0 Å². The van der Waals surface area contributed by atoms with E-state index in [1.165, 1.54) is 0 Å². The molecule has 0 aromatic carbocycles. The number of amides is 1. The largest absolute Gasteiger partial charge is 0.391 e. The molecule has 0 aromatic heterocycles. The number of hydrogen-bond donors (Lipinski definition) is 1. The van der Waals surface area contributed by atoms with Gasteiger partial charge in [-0.15, -0.1) is 12.4 Å². The molecule has 1 N–H and O–H groups in total. The summed E-state index contributed by atoms with van der Waals surface area (Å²) in [7, 11) is 0. The Balaban J connectivity index is 0.00000176. The third kappa shape index (κ3) is 3.70. The summed E-state index contributed by atoms with van der Waals surface area (Å²) >= 11 is 0. The number of halogens is 4. The van der Waals surface area contributed by atoms with Gasteiger partial charge in [0.05, 0.1) is 5.92 Å². The van der Waals surface area contributed by atoms with Gasteiger partial charge in [-0.05, 0) is 44.6 Å². The SMILES string of the molecule is Cl.O=C(C1CCCC(C(F)(F)F)C1)N1CCC2NCCC2C1. The van der Waals surface area contributed by atoms with Crippen molar-refractivity contribution in [2.75, 3.05) is 19.6 Å². The van der Waals surface area contributed by atoms with Gasteiger partial charge in [0.2, 0.25) is 5.91 Å². The molecule has 0 aromatic rings. The molecule has 128 valence electrons. The van der Waals surface area contributed by atoms with Crippen LogP contribution in [0.1, 0.15) is 38.5 Å². The Labute approximate surface area is 135 Å². The van der Waals surface area contributed by atoms with E-state index in [0.29, 0.717) is 31.3 Å². The van der Waals surface area contributed by atoms with E-state index in [4.69, 9.17) is 0 Å². The van der Waals surface area contributed by atoms with Crippen LogP contribution in [0.25, 0.3) is 0 Å². The number of fused-ring (bicyclic) bond motifs is 1. The van der Waals surface area contributed by atoms with Crippen molar-refractivity contribution in [3.05, 3.63) is 0 Å². The Hall–Kier alpha value is -0.490. The summed E-state index contributed by atoms with van der Waals surface area (Å²) < 4.78 is 38.6. The third-order valence-corrected chi connectivity index (χ3v) is 5.45. The number of rotatable bonds is 1. The molecule has 3 aliphatic rings. The molecule has 2 aliphatic heterocycles. The van der Waals surface area contributed by atoms with Crippen LogP contribution in [-0.2, 0) is 4.79 Å². The molecule has 4 unspecified atom stereocenters. The summed E-state index contributed by atoms with van der Waals surface area (Å²) in [6.07, 6.45) is -0.833. The highest BCUT2D eigenvalue weighted by molar-refractivity contribution is 5.85. The van der Waals surface area contributed by atoms with E-state index in [-0.39, 0.29) is 31.2 Å². The smallest absolute Gasteiger partial charge is 0.342 e. The Morgan fingerprint density at radius 3 is 2.64 bits per heavy atom. The molecule has 7 heteroatoms. The summed E-state index contributed by atoms with van der Waals surface area (Å²) in [6, 6.07) is 0.503. The van der Waals surface area contributed by atoms with E-state index in [9.17, 15) is 18.0 Å². The lowest BCUT2D eigenvalue weighted by Crippen LogP contribution is -2.49. The zero-order valence-corrected chi connectivity index (χ0v) is 13.4. The van der Waals surface area contributed by atoms with Crippen LogP contribution in [0.5, 0.6) is 0 Å². The van der Waals surface area contributed by atoms with Gasteiger partial charge in [0, 0.05) is 25.0 Å². The molecule has 4 atom stereocenters. The van der Waals surface area contributed by atoms with Crippen LogP contribution in [0.15, 0.2) is 0 Å². The quantitative estimate of drug-likeness (QED) is 0.796. The van der Waals surface area contributed by atoms with E-state index in [2.05, 4.69) is 5.32 Å². The van der Waals surface area contributed by atoms with Crippen molar-refractivity contribution in [1.29, 1.82) is 0 Å². The van der Waals surface area contributed by atoms with Gasteiger partial charge in [-0.2, -0.15) is 13.2 Å². The molecule has 0 bridgehead atoms. The zero-order valence-electron chi connectivity index (χ0n) is 12.6. The van der Waals surface area contributed by atoms with Gasteiger partial charge in [-0.1, -0.05) is 6.42 Å². The first-order valence-corrected chi connectivity index (χ1v) is 8.04. The van der Waals surface area contributed by atoms with Gasteiger partial charge in [0.15, 0.2) is 0 Å². The van der Waals surface area contributed by atoms with E-state index in [0.717, 1.165) is 25.9 Å². The number of nitrogens with zero attached hydrogens (tertiary/aromatic N) is 1. The predicted octanol–water partition coefficient (Wildman–Crippen LogP) is 2.99. The number of carbonyl (C=O) groups is 1. The molecule has 0 radical (unpaired) electrons. The molecule has 3 rings (SSSR count). The summed E-state index contributed by atoms with van der Waals surface area (Å²) in [5.41, 5.74) is 0. The fraction of sp³-hybridized carbons (Fsp3) is 0.933. The molecular formula is C15H24ClF3N2O. The van der Waals surface area contributed by atoms with Crippen molar-refractivity contribution < 1.29 is 18.0 Å². The maximum atomic E-state index is 12.9. The Morgan fingerprint density at radius 1 is 1.14 bits per heavy atom. The number of likely N-dealkylation sites (tertiary alicyclic amines) is 1. The van der Waals surface area contributed by atoms with Gasteiger partial charge >= 0.3 is 6.18 Å². The van der Waals surface area contributed by atoms with Gasteiger partial charge in [-0.3, -0.25) is 4.79 Å². The monoisotopic (exact) mass is 340 g/mol. The lowest BCUT2D eigenvalue weighted by molar-refractivity contribution is -0.187. The van der Waals surface area contributed by atoms with Gasteiger partial charge in [-0.25, -0.2) is 0 Å². The van der Waals surface area contributed by atoms with Crippen LogP contribution >= 0.6 is 12.4 Å². The van der Waals surface area contributed by atoms with Crippen LogP contribution in [0.2, 0.25) is 0 Å². The standard InChI is InChI=1S/C15H23F3N2O.ClH/c16-15(17,18)12-3-1-2-10(8-12)14(21)20-7-5-13-11(9-20)4-6-19-13;/h10-13,19H,1-9H2;1H. The first-order valence-electron chi connectivity index (χ1n) is 8.04. The summed E-state index contributed by atoms with van der Waals surface area (Å²) in [5.74, 6) is -1.25. The van der Waals surface area contributed by atoms with E-state index in [1.807, 2.05) is 4.90 Å². The number of carbonyl (C=O) groups excluding carboxylic acids is 1. The highest BCUT2D eigenvalue weighted by Crippen LogP contribution is 2.40. The average Bonchev–Trinajstić information content (AvgIpc) is 2.93. The minimum atomic E-state index is -4.15. The minimum Gasteiger partial charge on any atom is -0.342 e. The lowest BCUT2D eigenvalue weighted by Gasteiger charge is -2.38. The number of piperidine rings is 1. The molecule has 1 saturated carbocycles. The van der Waals surface area contributed by atoms with E-state index in [1.54, 1.807) is 0 Å². The van der Waals surface area contributed by atoms with Crippen molar-refractivity contribution in [3.8, 4) is 0 Å². The maximum Gasteiger partial charge on any atom is 0.391 e. The molecule has 1 aliphatic carbocycles. The second-order valence-corrected chi connectivity index (χ2v) is 6.78. The Morgan fingerprint density at radius 2 is 1.91 bits per heavy atom. The second kappa shape index (κ2) is 6.95. The van der Waals surface area contributed by atoms with E-state index >= 15 is 0 Å². The number of hydrogen-bond acceptors (Lipinski definition) is 2. The molecule has 3 fully saturated rings. The van der Waals surface area contributed by atoms with Crippen molar-refractivity contribution >= 4 is 18.3 Å². The van der Waals surface area contributed by atoms with Crippen molar-refractivity contribution in [2.24, 2.45) is 17.8 Å². The molecule has 1 amide bonds. The van der Waals surface area contributed by atoms with Crippen molar-refractivity contribution in [3.63, 3.8) is 0 Å². The highest BCUT2D eigenvalue weighted by Gasteiger charge is 2.45. The molecular weight excluding hydrogens is 317 g/mol. The first-order chi connectivity index (χ1) is 9.95. The summed E-state index contributed by atoms with van der Waals surface area (Å²) in [6.45, 7) is 2.42. The number of alkyl halides is 3. The highest BCUT2D eigenvalue weighted by atomic mass is 35.5. The summed E-state index contributed by atoms with van der Waals surface area (Å²) in [5, 5.41) is 3.44. The Bertz CT molecular complexity index is 405. The molecule has 2 heterocycles. The molecule has 2 saturated heterocycles. The van der Waals surface area contributed by atoms with Gasteiger partial charge in [0.25, 0.3) is 0 Å². The molecule has 0 spiro atoms. The van der Waals surface area contributed by atoms with Crippen molar-refractivity contribution in [2.45, 2.75) is 50.7 Å². The fourth-order valence-corrected chi connectivity index (χ4v) is 4.22.